The molecule has 10 heavy (non-hydrogen) atoms. The summed E-state index contributed by atoms with van der Waals surface area (Å²) in [5.74, 6) is 0. The van der Waals surface area contributed by atoms with Gasteiger partial charge in [0.1, 0.15) is 5.54 Å². The zero-order chi connectivity index (χ0) is 7.03. The van der Waals surface area contributed by atoms with Crippen molar-refractivity contribution in [3.05, 3.63) is 12.4 Å². The number of aliphatic hydroxyl groups excluding tert-OH is 1. The standard InChI is InChI=1S/C6H9N3O/c10-5-6(1-2-6)9-7-3-4-8-9/h3-4,10H,1-2,5H2. The smallest absolute Gasteiger partial charge is 0.105 e. The fraction of sp³-hybridized carbons (Fsp3) is 0.667. The molecule has 0 bridgehead atoms. The third-order valence-corrected chi connectivity index (χ3v) is 1.96. The Hall–Kier alpha value is -0.900. The van der Waals surface area contributed by atoms with Crippen LogP contribution >= 0.6 is 0 Å². The van der Waals surface area contributed by atoms with E-state index in [9.17, 15) is 0 Å². The van der Waals surface area contributed by atoms with E-state index in [0.717, 1.165) is 12.8 Å². The summed E-state index contributed by atoms with van der Waals surface area (Å²) in [5, 5.41) is 16.9. The predicted molar refractivity (Wildman–Crippen MR) is 34.3 cm³/mol. The second kappa shape index (κ2) is 1.79. The Morgan fingerprint density at radius 2 is 2.00 bits per heavy atom. The maximum atomic E-state index is 8.93. The summed E-state index contributed by atoms with van der Waals surface area (Å²) in [4.78, 5) is 1.60. The van der Waals surface area contributed by atoms with E-state index in [2.05, 4.69) is 10.2 Å². The molecular weight excluding hydrogens is 130 g/mol. The van der Waals surface area contributed by atoms with Crippen LogP contribution in [0, 0.1) is 0 Å². The van der Waals surface area contributed by atoms with Crippen molar-refractivity contribution in [1.82, 2.24) is 15.0 Å². The SMILES string of the molecule is OCC1(n2nccn2)CC1. The fourth-order valence-electron chi connectivity index (χ4n) is 1.03. The maximum absolute atomic E-state index is 8.93. The predicted octanol–water partition coefficient (Wildman–Crippen LogP) is -0.241. The maximum Gasteiger partial charge on any atom is 0.105 e. The molecule has 1 heterocycles. The largest absolute Gasteiger partial charge is 0.394 e. The van der Waals surface area contributed by atoms with Crippen LogP contribution in [0.5, 0.6) is 0 Å². The summed E-state index contributed by atoms with van der Waals surface area (Å²) in [6.45, 7) is 0.154. The van der Waals surface area contributed by atoms with Crippen molar-refractivity contribution in [3.8, 4) is 0 Å². The second-order valence-corrected chi connectivity index (χ2v) is 2.70. The van der Waals surface area contributed by atoms with Gasteiger partial charge in [0.25, 0.3) is 0 Å². The van der Waals surface area contributed by atoms with Gasteiger partial charge >= 0.3 is 0 Å². The minimum Gasteiger partial charge on any atom is -0.394 e. The second-order valence-electron chi connectivity index (χ2n) is 2.70. The van der Waals surface area contributed by atoms with Crippen molar-refractivity contribution in [2.24, 2.45) is 0 Å². The molecule has 1 aliphatic rings. The lowest BCUT2D eigenvalue weighted by Gasteiger charge is -2.08. The molecule has 0 aliphatic heterocycles. The Morgan fingerprint density at radius 3 is 2.40 bits per heavy atom. The molecule has 0 unspecified atom stereocenters. The van der Waals surface area contributed by atoms with Gasteiger partial charge in [0.05, 0.1) is 19.0 Å². The molecule has 1 aromatic heterocycles. The Kier molecular flexibility index (Phi) is 1.05. The molecule has 54 valence electrons. The number of rotatable bonds is 2. The summed E-state index contributed by atoms with van der Waals surface area (Å²) in [6.07, 6.45) is 5.27. The van der Waals surface area contributed by atoms with Crippen LogP contribution in [0.4, 0.5) is 0 Å². The highest BCUT2D eigenvalue weighted by atomic mass is 16.3. The van der Waals surface area contributed by atoms with Crippen LogP contribution in [0.15, 0.2) is 12.4 Å². The first-order chi connectivity index (χ1) is 4.87. The number of hydrogen-bond donors (Lipinski definition) is 1. The van der Waals surface area contributed by atoms with Crippen LogP contribution in [0.2, 0.25) is 0 Å². The van der Waals surface area contributed by atoms with E-state index < -0.39 is 0 Å². The van der Waals surface area contributed by atoms with Crippen LogP contribution in [0.1, 0.15) is 12.8 Å². The number of nitrogens with zero attached hydrogens (tertiary/aromatic N) is 3. The van der Waals surface area contributed by atoms with Gasteiger partial charge in [0.2, 0.25) is 0 Å². The van der Waals surface area contributed by atoms with E-state index in [1.54, 1.807) is 17.2 Å². The highest BCUT2D eigenvalue weighted by molar-refractivity contribution is 4.96. The lowest BCUT2D eigenvalue weighted by molar-refractivity contribution is 0.189. The number of aromatic nitrogens is 3. The van der Waals surface area contributed by atoms with E-state index in [0.29, 0.717) is 0 Å². The van der Waals surface area contributed by atoms with Crippen LogP contribution in [0.3, 0.4) is 0 Å². The van der Waals surface area contributed by atoms with Crippen molar-refractivity contribution < 1.29 is 5.11 Å². The minimum atomic E-state index is -0.135. The van der Waals surface area contributed by atoms with Crippen molar-refractivity contribution in [2.45, 2.75) is 18.4 Å². The number of hydrogen-bond acceptors (Lipinski definition) is 3. The first-order valence-corrected chi connectivity index (χ1v) is 3.35. The molecule has 0 radical (unpaired) electrons. The van der Waals surface area contributed by atoms with Crippen LogP contribution < -0.4 is 0 Å². The van der Waals surface area contributed by atoms with E-state index in [-0.39, 0.29) is 12.1 Å². The third kappa shape index (κ3) is 0.654. The molecule has 0 amide bonds. The zero-order valence-electron chi connectivity index (χ0n) is 5.56. The first-order valence-electron chi connectivity index (χ1n) is 3.35. The van der Waals surface area contributed by atoms with Gasteiger partial charge in [-0.2, -0.15) is 15.0 Å². The summed E-state index contributed by atoms with van der Waals surface area (Å²) in [7, 11) is 0. The Morgan fingerprint density at radius 1 is 1.40 bits per heavy atom. The van der Waals surface area contributed by atoms with Crippen LogP contribution in [-0.2, 0) is 5.54 Å². The average molecular weight is 139 g/mol. The Bertz CT molecular complexity index is 215. The zero-order valence-corrected chi connectivity index (χ0v) is 5.56. The first kappa shape index (κ1) is 5.85. The lowest BCUT2D eigenvalue weighted by Crippen LogP contribution is -2.23. The van der Waals surface area contributed by atoms with Crippen molar-refractivity contribution >= 4 is 0 Å². The van der Waals surface area contributed by atoms with Crippen molar-refractivity contribution in [3.63, 3.8) is 0 Å². The number of aliphatic hydroxyl groups is 1. The molecule has 1 fully saturated rings. The molecule has 0 spiro atoms. The lowest BCUT2D eigenvalue weighted by atomic mass is 10.3. The quantitative estimate of drug-likeness (QED) is 0.615. The van der Waals surface area contributed by atoms with E-state index >= 15 is 0 Å². The molecule has 1 aliphatic carbocycles. The molecule has 1 N–H and O–H groups in total. The molecule has 0 atom stereocenters. The minimum absolute atomic E-state index is 0.135. The Labute approximate surface area is 58.5 Å². The van der Waals surface area contributed by atoms with Crippen molar-refractivity contribution in [2.75, 3.05) is 6.61 Å². The molecule has 1 saturated carbocycles. The molecular formula is C6H9N3O. The molecule has 4 heteroatoms. The Balaban J connectivity index is 2.27. The van der Waals surface area contributed by atoms with E-state index in [1.807, 2.05) is 0 Å². The topological polar surface area (TPSA) is 50.9 Å². The van der Waals surface area contributed by atoms with Gasteiger partial charge < -0.3 is 5.11 Å². The van der Waals surface area contributed by atoms with Gasteiger partial charge in [-0.25, -0.2) is 0 Å². The summed E-state index contributed by atoms with van der Waals surface area (Å²) in [6, 6.07) is 0. The summed E-state index contributed by atoms with van der Waals surface area (Å²) < 4.78 is 0. The van der Waals surface area contributed by atoms with E-state index in [1.165, 1.54) is 0 Å². The van der Waals surface area contributed by atoms with Gasteiger partial charge in [-0.15, -0.1) is 0 Å². The highest BCUT2D eigenvalue weighted by Gasteiger charge is 2.45. The van der Waals surface area contributed by atoms with Gasteiger partial charge in [-0.1, -0.05) is 0 Å². The fourth-order valence-corrected chi connectivity index (χ4v) is 1.03. The molecule has 0 aromatic carbocycles. The van der Waals surface area contributed by atoms with Gasteiger partial charge in [0.15, 0.2) is 0 Å². The average Bonchev–Trinajstić information content (AvgIpc) is 2.58. The van der Waals surface area contributed by atoms with Gasteiger partial charge in [-0.3, -0.25) is 0 Å². The van der Waals surface area contributed by atoms with Gasteiger partial charge in [0, 0.05) is 0 Å². The van der Waals surface area contributed by atoms with Gasteiger partial charge in [-0.05, 0) is 12.8 Å². The molecule has 4 nitrogen and oxygen atoms in total. The third-order valence-electron chi connectivity index (χ3n) is 1.96. The van der Waals surface area contributed by atoms with Crippen LogP contribution in [-0.4, -0.2) is 26.7 Å². The monoisotopic (exact) mass is 139 g/mol. The summed E-state index contributed by atoms with van der Waals surface area (Å²) in [5.41, 5.74) is -0.135. The molecule has 1 aromatic rings. The van der Waals surface area contributed by atoms with E-state index in [4.69, 9.17) is 5.11 Å². The normalized spacial score (nSPS) is 20.9. The van der Waals surface area contributed by atoms with Crippen molar-refractivity contribution in [1.29, 1.82) is 0 Å². The van der Waals surface area contributed by atoms with Crippen LogP contribution in [0.25, 0.3) is 0 Å². The molecule has 2 rings (SSSR count). The highest BCUT2D eigenvalue weighted by Crippen LogP contribution is 2.41. The molecule has 0 saturated heterocycles. The summed E-state index contributed by atoms with van der Waals surface area (Å²) >= 11 is 0.